The quantitative estimate of drug-likeness (QED) is 0.488. The molecule has 2 N–H and O–H groups in total. The Morgan fingerprint density at radius 3 is 2.61 bits per heavy atom. The fourth-order valence-corrected chi connectivity index (χ4v) is 5.26. The molecule has 0 saturated carbocycles. The summed E-state index contributed by atoms with van der Waals surface area (Å²) in [5.41, 5.74) is 1.93. The van der Waals surface area contributed by atoms with Crippen molar-refractivity contribution >= 4 is 50.3 Å². The number of anilines is 1. The van der Waals surface area contributed by atoms with E-state index in [1.165, 1.54) is 17.4 Å². The van der Waals surface area contributed by atoms with Crippen molar-refractivity contribution in [1.29, 1.82) is 0 Å². The third kappa shape index (κ3) is 6.98. The van der Waals surface area contributed by atoms with E-state index in [1.807, 2.05) is 0 Å². The fourth-order valence-electron chi connectivity index (χ4n) is 3.21. The monoisotopic (exact) mass is 492 g/mol. The lowest BCUT2D eigenvalue weighted by atomic mass is 10.1. The van der Waals surface area contributed by atoms with E-state index in [-0.39, 0.29) is 6.61 Å². The number of hydrogen-bond acceptors (Lipinski definition) is 8. The molecule has 176 valence electrons. The number of sulfonamides is 1. The summed E-state index contributed by atoms with van der Waals surface area (Å²) in [6, 6.07) is 8.80. The molecule has 1 aromatic carbocycles. The van der Waals surface area contributed by atoms with Gasteiger partial charge in [-0.15, -0.1) is 11.3 Å². The molecule has 2 aromatic rings. The van der Waals surface area contributed by atoms with Gasteiger partial charge < -0.3 is 14.8 Å². The van der Waals surface area contributed by atoms with Crippen LogP contribution in [0.5, 0.6) is 0 Å². The molecular weight excluding hydrogens is 468 g/mol. The van der Waals surface area contributed by atoms with Crippen LogP contribution in [0, 0.1) is 0 Å². The van der Waals surface area contributed by atoms with Gasteiger partial charge in [0.05, 0.1) is 12.2 Å². The second-order valence-electron chi connectivity index (χ2n) is 7.07. The number of aryl methyl sites for hydroxylation is 1. The Kier molecular flexibility index (Phi) is 8.37. The van der Waals surface area contributed by atoms with Gasteiger partial charge in [0.2, 0.25) is 10.0 Å². The maximum absolute atomic E-state index is 12.3. The van der Waals surface area contributed by atoms with E-state index in [0.29, 0.717) is 16.1 Å². The van der Waals surface area contributed by atoms with Gasteiger partial charge >= 0.3 is 11.9 Å². The second kappa shape index (κ2) is 11.2. The van der Waals surface area contributed by atoms with Crippen LogP contribution in [0.4, 0.5) is 5.00 Å². The highest BCUT2D eigenvalue weighted by Crippen LogP contribution is 2.39. The minimum atomic E-state index is -3.86. The second-order valence-corrected chi connectivity index (χ2v) is 9.83. The number of fused-ring (bicyclic) bond motifs is 1. The van der Waals surface area contributed by atoms with Crippen molar-refractivity contribution in [1.82, 2.24) is 4.72 Å². The molecule has 1 aromatic heterocycles. The summed E-state index contributed by atoms with van der Waals surface area (Å²) < 4.78 is 36.0. The average molecular weight is 493 g/mol. The van der Waals surface area contributed by atoms with Crippen molar-refractivity contribution in [3.63, 3.8) is 0 Å². The van der Waals surface area contributed by atoms with Gasteiger partial charge in [0.1, 0.15) is 11.5 Å². The van der Waals surface area contributed by atoms with E-state index in [1.54, 1.807) is 37.3 Å². The molecule has 0 spiro atoms. The maximum Gasteiger partial charge on any atom is 0.341 e. The third-order valence-electron chi connectivity index (χ3n) is 4.67. The number of carbonyl (C=O) groups is 3. The first-order valence-corrected chi connectivity index (χ1v) is 12.6. The first-order valence-electron chi connectivity index (χ1n) is 10.3. The zero-order valence-electron chi connectivity index (χ0n) is 18.0. The Labute approximate surface area is 195 Å². The summed E-state index contributed by atoms with van der Waals surface area (Å²) in [4.78, 5) is 37.5. The summed E-state index contributed by atoms with van der Waals surface area (Å²) >= 11 is 1.31. The van der Waals surface area contributed by atoms with E-state index in [4.69, 9.17) is 9.47 Å². The molecule has 0 aliphatic heterocycles. The Morgan fingerprint density at radius 2 is 1.88 bits per heavy atom. The van der Waals surface area contributed by atoms with Gasteiger partial charge in [0.25, 0.3) is 5.91 Å². The van der Waals surface area contributed by atoms with E-state index >= 15 is 0 Å². The Morgan fingerprint density at radius 1 is 1.12 bits per heavy atom. The van der Waals surface area contributed by atoms with Gasteiger partial charge in [0.15, 0.2) is 6.61 Å². The zero-order chi connectivity index (χ0) is 23.8. The highest BCUT2D eigenvalue weighted by molar-refractivity contribution is 7.92. The molecule has 0 fully saturated rings. The van der Waals surface area contributed by atoms with Crippen molar-refractivity contribution in [2.45, 2.75) is 26.2 Å². The molecule has 0 atom stereocenters. The smallest absolute Gasteiger partial charge is 0.341 e. The molecular formula is C22H24N2O7S2. The SMILES string of the molecule is CCOC(=O)c1c(NC(=O)COC(=O)CNS(=O)(=O)C=Cc2ccccc2)sc2c1CCC2. The van der Waals surface area contributed by atoms with Crippen molar-refractivity contribution in [2.75, 3.05) is 25.1 Å². The lowest BCUT2D eigenvalue weighted by Crippen LogP contribution is -2.31. The predicted molar refractivity (Wildman–Crippen MR) is 124 cm³/mol. The molecule has 33 heavy (non-hydrogen) atoms. The van der Waals surface area contributed by atoms with Crippen LogP contribution < -0.4 is 10.0 Å². The lowest BCUT2D eigenvalue weighted by Gasteiger charge is -2.09. The fraction of sp³-hybridized carbons (Fsp3) is 0.318. The molecule has 0 saturated heterocycles. The molecule has 1 aliphatic rings. The van der Waals surface area contributed by atoms with Crippen LogP contribution in [0.1, 0.15) is 39.7 Å². The number of rotatable bonds is 10. The standard InChI is InChI=1S/C22H24N2O7S2/c1-2-30-22(27)20-16-9-6-10-17(16)32-21(20)24-18(25)14-31-19(26)13-23-33(28,29)12-11-15-7-4-3-5-8-15/h3-5,7-8,11-12,23H,2,6,9-10,13-14H2,1H3,(H,24,25). The van der Waals surface area contributed by atoms with Crippen molar-refractivity contribution in [3.05, 3.63) is 57.3 Å². The minimum absolute atomic E-state index is 0.213. The average Bonchev–Trinajstić information content (AvgIpc) is 3.37. The van der Waals surface area contributed by atoms with Crippen molar-refractivity contribution in [2.24, 2.45) is 0 Å². The van der Waals surface area contributed by atoms with E-state index in [2.05, 4.69) is 10.0 Å². The van der Waals surface area contributed by atoms with E-state index < -0.39 is 41.0 Å². The number of hydrogen-bond donors (Lipinski definition) is 2. The molecule has 1 amide bonds. The Hall–Kier alpha value is -3.02. The predicted octanol–water partition coefficient (Wildman–Crippen LogP) is 2.49. The first kappa shape index (κ1) is 24.6. The highest BCUT2D eigenvalue weighted by atomic mass is 32.2. The summed E-state index contributed by atoms with van der Waals surface area (Å²) in [6.45, 7) is 0.667. The number of esters is 2. The van der Waals surface area contributed by atoms with Crippen LogP contribution in [0.3, 0.4) is 0 Å². The van der Waals surface area contributed by atoms with Crippen LogP contribution >= 0.6 is 11.3 Å². The number of benzene rings is 1. The van der Waals surface area contributed by atoms with Gasteiger partial charge in [-0.05, 0) is 43.4 Å². The number of carbonyl (C=O) groups excluding carboxylic acids is 3. The largest absolute Gasteiger partial charge is 0.462 e. The lowest BCUT2D eigenvalue weighted by molar-refractivity contribution is -0.146. The van der Waals surface area contributed by atoms with Crippen LogP contribution in [0.25, 0.3) is 6.08 Å². The van der Waals surface area contributed by atoms with Gasteiger partial charge in [-0.1, -0.05) is 30.3 Å². The number of nitrogens with one attached hydrogen (secondary N) is 2. The first-order chi connectivity index (χ1) is 15.8. The summed E-state index contributed by atoms with van der Waals surface area (Å²) in [5, 5.41) is 3.90. The summed E-state index contributed by atoms with van der Waals surface area (Å²) in [6.07, 6.45) is 3.90. The normalized spacial score (nSPS) is 13.0. The summed E-state index contributed by atoms with van der Waals surface area (Å²) in [5.74, 6) is -2.05. The highest BCUT2D eigenvalue weighted by Gasteiger charge is 2.28. The van der Waals surface area contributed by atoms with Crippen molar-refractivity contribution in [3.8, 4) is 0 Å². The van der Waals surface area contributed by atoms with Gasteiger partial charge in [-0.25, -0.2) is 17.9 Å². The molecule has 0 radical (unpaired) electrons. The van der Waals surface area contributed by atoms with Gasteiger partial charge in [-0.3, -0.25) is 9.59 Å². The Bertz CT molecular complexity index is 1150. The van der Waals surface area contributed by atoms with Gasteiger partial charge in [-0.2, -0.15) is 0 Å². The van der Waals surface area contributed by atoms with Gasteiger partial charge in [0, 0.05) is 10.3 Å². The number of ether oxygens (including phenoxy) is 2. The third-order valence-corrected chi connectivity index (χ3v) is 6.92. The molecule has 3 rings (SSSR count). The van der Waals surface area contributed by atoms with Crippen LogP contribution in [0.15, 0.2) is 35.7 Å². The van der Waals surface area contributed by atoms with Crippen LogP contribution in [0.2, 0.25) is 0 Å². The molecule has 1 heterocycles. The molecule has 0 bridgehead atoms. The molecule has 9 nitrogen and oxygen atoms in total. The molecule has 1 aliphatic carbocycles. The van der Waals surface area contributed by atoms with Crippen LogP contribution in [-0.4, -0.2) is 46.0 Å². The van der Waals surface area contributed by atoms with Crippen LogP contribution in [-0.2, 0) is 41.9 Å². The number of thiophene rings is 1. The topological polar surface area (TPSA) is 128 Å². The van der Waals surface area contributed by atoms with Crippen molar-refractivity contribution < 1.29 is 32.3 Å². The number of amides is 1. The van der Waals surface area contributed by atoms with E-state index in [0.717, 1.165) is 35.1 Å². The van der Waals surface area contributed by atoms with E-state index in [9.17, 15) is 22.8 Å². The summed E-state index contributed by atoms with van der Waals surface area (Å²) in [7, 11) is -3.86. The molecule has 0 unspecified atom stereocenters. The minimum Gasteiger partial charge on any atom is -0.462 e. The Balaban J connectivity index is 1.50. The zero-order valence-corrected chi connectivity index (χ0v) is 19.6. The maximum atomic E-state index is 12.3. The molecule has 11 heteroatoms.